The van der Waals surface area contributed by atoms with E-state index in [-0.39, 0.29) is 35.7 Å². The average Bonchev–Trinajstić information content (AvgIpc) is 2.62. The average molecular weight is 424 g/mol. The third kappa shape index (κ3) is 7.40. The van der Waals surface area contributed by atoms with Gasteiger partial charge in [0.05, 0.1) is 11.3 Å². The normalized spacial score (nSPS) is 11.9. The molecular formula is C20H27ClFN5O2. The van der Waals surface area contributed by atoms with E-state index < -0.39 is 23.7 Å². The monoisotopic (exact) mass is 423 g/mol. The molecular weight excluding hydrogens is 397 g/mol. The first-order valence-corrected chi connectivity index (χ1v) is 8.99. The smallest absolute Gasteiger partial charge is 0.254 e. The number of nitrogens with two attached hydrogens (primary N) is 1. The van der Waals surface area contributed by atoms with Crippen LogP contribution in [0.15, 0.2) is 30.3 Å². The molecule has 29 heavy (non-hydrogen) atoms. The van der Waals surface area contributed by atoms with Crippen LogP contribution in [0.1, 0.15) is 48.8 Å². The van der Waals surface area contributed by atoms with Crippen LogP contribution < -0.4 is 16.4 Å². The van der Waals surface area contributed by atoms with Gasteiger partial charge in [-0.3, -0.25) is 9.59 Å². The van der Waals surface area contributed by atoms with Crippen molar-refractivity contribution in [1.29, 1.82) is 0 Å². The summed E-state index contributed by atoms with van der Waals surface area (Å²) in [7, 11) is 0. The van der Waals surface area contributed by atoms with Gasteiger partial charge in [0.2, 0.25) is 5.91 Å². The molecule has 0 unspecified atom stereocenters. The lowest BCUT2D eigenvalue weighted by Gasteiger charge is -2.26. The van der Waals surface area contributed by atoms with E-state index in [1.54, 1.807) is 19.1 Å². The van der Waals surface area contributed by atoms with Crippen LogP contribution in [-0.2, 0) is 11.3 Å². The standard InChI is InChI=1S/C20H26FN5O2.ClH/c1-12-5-8-17(26-25-12)24-19(28)16(10-20(2,3)4)23-18(27)14-9-13(11-22)6-7-15(14)21;/h5-9,16H,10-11,22H2,1-4H3,(H,23,27)(H,24,26,28);1H/t16-;/m0./s1. The Labute approximate surface area is 176 Å². The molecule has 1 heterocycles. The molecule has 1 aromatic heterocycles. The van der Waals surface area contributed by atoms with Gasteiger partial charge in [-0.15, -0.1) is 17.5 Å². The number of aromatic nitrogens is 2. The zero-order valence-electron chi connectivity index (χ0n) is 17.0. The summed E-state index contributed by atoms with van der Waals surface area (Å²) in [4.78, 5) is 25.4. The number of halogens is 2. The molecule has 2 rings (SSSR count). The summed E-state index contributed by atoms with van der Waals surface area (Å²) in [5.74, 6) is -1.52. The Kier molecular flexibility index (Phi) is 8.66. The summed E-state index contributed by atoms with van der Waals surface area (Å²) in [5, 5.41) is 13.1. The topological polar surface area (TPSA) is 110 Å². The highest BCUT2D eigenvalue weighted by Gasteiger charge is 2.28. The second-order valence-corrected chi connectivity index (χ2v) is 7.86. The SMILES string of the molecule is Cc1ccc(NC(=O)[C@H](CC(C)(C)C)NC(=O)c2cc(CN)ccc2F)nn1.Cl. The van der Waals surface area contributed by atoms with Crippen LogP contribution in [0.5, 0.6) is 0 Å². The second kappa shape index (κ2) is 10.3. The minimum Gasteiger partial charge on any atom is -0.340 e. The summed E-state index contributed by atoms with van der Waals surface area (Å²) < 4.78 is 14.1. The summed E-state index contributed by atoms with van der Waals surface area (Å²) in [6.45, 7) is 7.80. The number of anilines is 1. The first kappa shape index (κ1) is 24.5. The predicted molar refractivity (Wildman–Crippen MR) is 112 cm³/mol. The first-order valence-electron chi connectivity index (χ1n) is 8.99. The molecule has 1 aromatic carbocycles. The minimum absolute atomic E-state index is 0. The molecule has 0 radical (unpaired) electrons. The van der Waals surface area contributed by atoms with E-state index in [1.165, 1.54) is 18.2 Å². The van der Waals surface area contributed by atoms with E-state index in [4.69, 9.17) is 5.73 Å². The van der Waals surface area contributed by atoms with Crippen LogP contribution in [0.2, 0.25) is 0 Å². The molecule has 2 aromatic rings. The Morgan fingerprint density at radius 1 is 1.17 bits per heavy atom. The van der Waals surface area contributed by atoms with Crippen LogP contribution >= 0.6 is 12.4 Å². The Bertz CT molecular complexity index is 853. The highest BCUT2D eigenvalue weighted by molar-refractivity contribution is 6.01. The van der Waals surface area contributed by atoms with Gasteiger partial charge in [0.25, 0.3) is 5.91 Å². The number of amides is 2. The molecule has 0 spiro atoms. The lowest BCUT2D eigenvalue weighted by molar-refractivity contribution is -0.118. The van der Waals surface area contributed by atoms with E-state index in [1.807, 2.05) is 20.8 Å². The lowest BCUT2D eigenvalue weighted by Crippen LogP contribution is -2.46. The molecule has 0 aliphatic heterocycles. The van der Waals surface area contributed by atoms with Crippen molar-refractivity contribution < 1.29 is 14.0 Å². The maximum Gasteiger partial charge on any atom is 0.254 e. The number of carbonyl (C=O) groups excluding carboxylic acids is 2. The van der Waals surface area contributed by atoms with E-state index in [0.717, 1.165) is 0 Å². The Morgan fingerprint density at radius 2 is 1.86 bits per heavy atom. The van der Waals surface area contributed by atoms with Crippen molar-refractivity contribution in [1.82, 2.24) is 15.5 Å². The fraction of sp³-hybridized carbons (Fsp3) is 0.400. The number of benzene rings is 1. The van der Waals surface area contributed by atoms with Gasteiger partial charge in [0, 0.05) is 6.54 Å². The van der Waals surface area contributed by atoms with Gasteiger partial charge in [-0.1, -0.05) is 26.8 Å². The number of carbonyl (C=O) groups is 2. The van der Waals surface area contributed by atoms with Crippen LogP contribution in [0, 0.1) is 18.2 Å². The molecule has 0 aliphatic rings. The van der Waals surface area contributed by atoms with Gasteiger partial charge >= 0.3 is 0 Å². The molecule has 0 saturated carbocycles. The fourth-order valence-corrected chi connectivity index (χ4v) is 2.61. The lowest BCUT2D eigenvalue weighted by atomic mass is 9.87. The van der Waals surface area contributed by atoms with Crippen LogP contribution in [0.3, 0.4) is 0 Å². The van der Waals surface area contributed by atoms with Crippen molar-refractivity contribution in [2.24, 2.45) is 11.1 Å². The Morgan fingerprint density at radius 3 is 2.41 bits per heavy atom. The van der Waals surface area contributed by atoms with Gasteiger partial charge in [-0.2, -0.15) is 5.10 Å². The molecule has 0 saturated heterocycles. The van der Waals surface area contributed by atoms with Crippen molar-refractivity contribution in [2.45, 2.75) is 46.7 Å². The number of hydrogen-bond acceptors (Lipinski definition) is 5. The van der Waals surface area contributed by atoms with E-state index >= 15 is 0 Å². The van der Waals surface area contributed by atoms with Crippen molar-refractivity contribution in [3.8, 4) is 0 Å². The summed E-state index contributed by atoms with van der Waals surface area (Å²) in [6.07, 6.45) is 0.349. The summed E-state index contributed by atoms with van der Waals surface area (Å²) in [6, 6.07) is 6.56. The molecule has 9 heteroatoms. The number of nitrogens with one attached hydrogen (secondary N) is 2. The van der Waals surface area contributed by atoms with E-state index in [0.29, 0.717) is 17.7 Å². The molecule has 0 fully saturated rings. The molecule has 0 bridgehead atoms. The molecule has 1 atom stereocenters. The molecule has 4 N–H and O–H groups in total. The predicted octanol–water partition coefficient (Wildman–Crippen LogP) is 2.98. The number of aryl methyl sites for hydroxylation is 1. The van der Waals surface area contributed by atoms with Gasteiger partial charge in [-0.25, -0.2) is 4.39 Å². The first-order chi connectivity index (χ1) is 13.1. The highest BCUT2D eigenvalue weighted by atomic mass is 35.5. The second-order valence-electron chi connectivity index (χ2n) is 7.86. The summed E-state index contributed by atoms with van der Waals surface area (Å²) in [5.41, 5.74) is 6.50. The van der Waals surface area contributed by atoms with Gasteiger partial charge in [0.15, 0.2) is 5.82 Å². The molecule has 158 valence electrons. The maximum atomic E-state index is 14.1. The van der Waals surface area contributed by atoms with E-state index in [2.05, 4.69) is 20.8 Å². The third-order valence-corrected chi connectivity index (χ3v) is 4.00. The fourth-order valence-electron chi connectivity index (χ4n) is 2.61. The zero-order chi connectivity index (χ0) is 20.9. The van der Waals surface area contributed by atoms with E-state index in [9.17, 15) is 14.0 Å². The van der Waals surface area contributed by atoms with Crippen molar-refractivity contribution in [3.05, 3.63) is 53.0 Å². The van der Waals surface area contributed by atoms with Crippen LogP contribution in [-0.4, -0.2) is 28.1 Å². The van der Waals surface area contributed by atoms with Gasteiger partial charge < -0.3 is 16.4 Å². The number of hydrogen-bond donors (Lipinski definition) is 3. The molecule has 2 amide bonds. The minimum atomic E-state index is -0.878. The largest absolute Gasteiger partial charge is 0.340 e. The third-order valence-electron chi connectivity index (χ3n) is 4.00. The van der Waals surface area contributed by atoms with Crippen molar-refractivity contribution in [3.63, 3.8) is 0 Å². The van der Waals surface area contributed by atoms with Crippen LogP contribution in [0.25, 0.3) is 0 Å². The van der Waals surface area contributed by atoms with Crippen LogP contribution in [0.4, 0.5) is 10.2 Å². The van der Waals surface area contributed by atoms with Crippen molar-refractivity contribution in [2.75, 3.05) is 5.32 Å². The summed E-state index contributed by atoms with van der Waals surface area (Å²) >= 11 is 0. The quantitative estimate of drug-likeness (QED) is 0.661. The highest BCUT2D eigenvalue weighted by Crippen LogP contribution is 2.22. The number of nitrogens with zero attached hydrogens (tertiary/aromatic N) is 2. The van der Waals surface area contributed by atoms with Gasteiger partial charge in [-0.05, 0) is 48.6 Å². The zero-order valence-corrected chi connectivity index (χ0v) is 17.8. The van der Waals surface area contributed by atoms with Crippen molar-refractivity contribution >= 4 is 30.0 Å². The molecule has 0 aliphatic carbocycles. The molecule has 7 nitrogen and oxygen atoms in total. The van der Waals surface area contributed by atoms with Gasteiger partial charge in [0.1, 0.15) is 11.9 Å². The Hall–Kier alpha value is -2.58. The Balaban J connectivity index is 0.00000420. The maximum absolute atomic E-state index is 14.1. The number of rotatable bonds is 6.